The average Bonchev–Trinajstić information content (AvgIpc) is 2.71. The number of benzene rings is 3. The zero-order valence-electron chi connectivity index (χ0n) is 16.6. The Labute approximate surface area is 166 Å². The Hall–Kier alpha value is -2.22. The Morgan fingerprint density at radius 2 is 1.61 bits per heavy atom. The Kier molecular flexibility index (Phi) is 5.75. The Bertz CT molecular complexity index is 943. The predicted molar refractivity (Wildman–Crippen MR) is 113 cm³/mol. The van der Waals surface area contributed by atoms with Crippen molar-refractivity contribution in [2.75, 3.05) is 0 Å². The first-order chi connectivity index (χ1) is 13.7. The molecule has 0 radical (unpaired) electrons. The van der Waals surface area contributed by atoms with Crippen LogP contribution in [0.3, 0.4) is 0 Å². The third-order valence-electron chi connectivity index (χ3n) is 6.36. The van der Waals surface area contributed by atoms with Crippen LogP contribution in [0.15, 0.2) is 54.6 Å². The molecule has 0 nitrogen and oxygen atoms in total. The molecule has 3 aromatic rings. The van der Waals surface area contributed by atoms with Gasteiger partial charge in [-0.3, -0.25) is 0 Å². The summed E-state index contributed by atoms with van der Waals surface area (Å²) in [5.74, 6) is 0.445. The van der Waals surface area contributed by atoms with E-state index in [1.165, 1.54) is 54.9 Å². The summed E-state index contributed by atoms with van der Waals surface area (Å²) in [6, 6.07) is 16.4. The van der Waals surface area contributed by atoms with E-state index >= 15 is 0 Å². The van der Waals surface area contributed by atoms with Gasteiger partial charge in [-0.2, -0.15) is 0 Å². The van der Waals surface area contributed by atoms with E-state index in [0.29, 0.717) is 5.92 Å². The Morgan fingerprint density at radius 1 is 0.857 bits per heavy atom. The lowest BCUT2D eigenvalue weighted by Crippen LogP contribution is -2.22. The first kappa shape index (κ1) is 19.1. The molecule has 146 valence electrons. The summed E-state index contributed by atoms with van der Waals surface area (Å²) in [5, 5.41) is 2.13. The largest absolute Gasteiger partial charge is 0.207 e. The average molecular weight is 379 g/mol. The molecular weight excluding hydrogens is 350 g/mol. The normalized spacial score (nSPS) is 19.0. The quantitative estimate of drug-likeness (QED) is 0.384. The third kappa shape index (κ3) is 3.83. The highest BCUT2D eigenvalue weighted by molar-refractivity contribution is 5.87. The van der Waals surface area contributed by atoms with Gasteiger partial charge < -0.3 is 0 Å². The smallest absolute Gasteiger partial charge is 0.123 e. The summed E-state index contributed by atoms with van der Waals surface area (Å²) >= 11 is 0. The van der Waals surface area contributed by atoms with E-state index in [1.807, 2.05) is 18.2 Å². The van der Waals surface area contributed by atoms with Crippen molar-refractivity contribution < 1.29 is 8.78 Å². The Balaban J connectivity index is 1.75. The molecule has 0 unspecified atom stereocenters. The van der Waals surface area contributed by atoms with Crippen molar-refractivity contribution >= 4 is 10.8 Å². The molecule has 0 aromatic heterocycles. The van der Waals surface area contributed by atoms with Crippen LogP contribution in [0.4, 0.5) is 8.78 Å². The monoisotopic (exact) mass is 378 g/mol. The van der Waals surface area contributed by atoms with Crippen LogP contribution in [0, 0.1) is 17.6 Å². The first-order valence-corrected chi connectivity index (χ1v) is 10.6. The van der Waals surface area contributed by atoms with Gasteiger partial charge in [-0.05, 0) is 76.9 Å². The van der Waals surface area contributed by atoms with Crippen LogP contribution in [0.5, 0.6) is 0 Å². The molecule has 0 saturated carbocycles. The van der Waals surface area contributed by atoms with Crippen molar-refractivity contribution in [3.05, 3.63) is 82.9 Å². The van der Waals surface area contributed by atoms with E-state index < -0.39 is 0 Å². The molecule has 3 aromatic carbocycles. The van der Waals surface area contributed by atoms with Crippen LogP contribution < -0.4 is 0 Å². The zero-order valence-corrected chi connectivity index (χ0v) is 16.6. The van der Waals surface area contributed by atoms with Crippen LogP contribution >= 0.6 is 0 Å². The van der Waals surface area contributed by atoms with Gasteiger partial charge in [-0.15, -0.1) is 0 Å². The summed E-state index contributed by atoms with van der Waals surface area (Å²) in [4.78, 5) is 0. The van der Waals surface area contributed by atoms with Crippen LogP contribution in [0.25, 0.3) is 10.8 Å². The second-order valence-corrected chi connectivity index (χ2v) is 8.18. The second kappa shape index (κ2) is 8.43. The van der Waals surface area contributed by atoms with Crippen molar-refractivity contribution in [2.45, 2.75) is 57.8 Å². The minimum atomic E-state index is -0.195. The summed E-state index contributed by atoms with van der Waals surface area (Å²) < 4.78 is 27.5. The first-order valence-electron chi connectivity index (χ1n) is 10.6. The van der Waals surface area contributed by atoms with Crippen molar-refractivity contribution in [3.8, 4) is 0 Å². The van der Waals surface area contributed by atoms with Gasteiger partial charge in [-0.25, -0.2) is 8.78 Å². The standard InChI is InChI=1S/C26H28F2/c1-2-3-4-5-6-19-11-15-23-24(26(19)20-8-12-21(27)13-9-20)16-10-18-7-14-22(28)17-25(18)23/h7-10,12-14,16-17,19,26H,2-6,11,15H2,1H3/t19-,26-/m1/s1. The SMILES string of the molecule is CCCCCC[C@@H]1CCc2c(ccc3ccc(F)cc23)[C@H]1c1ccc(F)cc1. The molecule has 2 atom stereocenters. The van der Waals surface area contributed by atoms with E-state index in [-0.39, 0.29) is 17.6 Å². The molecule has 0 fully saturated rings. The lowest BCUT2D eigenvalue weighted by Gasteiger charge is -2.35. The lowest BCUT2D eigenvalue weighted by molar-refractivity contribution is 0.368. The number of unbranched alkanes of at least 4 members (excludes halogenated alkanes) is 3. The molecule has 1 aliphatic carbocycles. The predicted octanol–water partition coefficient (Wildman–Crippen LogP) is 7.78. The van der Waals surface area contributed by atoms with Gasteiger partial charge >= 0.3 is 0 Å². The van der Waals surface area contributed by atoms with Gasteiger partial charge in [0.1, 0.15) is 11.6 Å². The maximum Gasteiger partial charge on any atom is 0.123 e. The number of fused-ring (bicyclic) bond motifs is 3. The van der Waals surface area contributed by atoms with E-state index in [9.17, 15) is 8.78 Å². The molecular formula is C26H28F2. The fraction of sp³-hybridized carbons (Fsp3) is 0.385. The summed E-state index contributed by atoms with van der Waals surface area (Å²) in [6.45, 7) is 2.24. The topological polar surface area (TPSA) is 0 Å². The summed E-state index contributed by atoms with van der Waals surface area (Å²) in [5.41, 5.74) is 3.76. The molecule has 28 heavy (non-hydrogen) atoms. The highest BCUT2D eigenvalue weighted by Crippen LogP contribution is 2.45. The van der Waals surface area contributed by atoms with Gasteiger partial charge in [0.15, 0.2) is 0 Å². The minimum Gasteiger partial charge on any atom is -0.207 e. The fourth-order valence-corrected chi connectivity index (χ4v) is 4.96. The molecule has 0 N–H and O–H groups in total. The van der Waals surface area contributed by atoms with Gasteiger partial charge in [-0.1, -0.05) is 62.9 Å². The second-order valence-electron chi connectivity index (χ2n) is 8.18. The number of hydrogen-bond acceptors (Lipinski definition) is 0. The van der Waals surface area contributed by atoms with E-state index in [0.717, 1.165) is 23.6 Å². The molecule has 0 spiro atoms. The summed E-state index contributed by atoms with van der Waals surface area (Å²) in [6.07, 6.45) is 8.35. The lowest BCUT2D eigenvalue weighted by atomic mass is 9.69. The maximum absolute atomic E-state index is 13.9. The highest BCUT2D eigenvalue weighted by Gasteiger charge is 2.31. The van der Waals surface area contributed by atoms with E-state index in [2.05, 4.69) is 19.1 Å². The number of rotatable bonds is 6. The zero-order chi connectivity index (χ0) is 19.5. The van der Waals surface area contributed by atoms with Crippen molar-refractivity contribution in [1.82, 2.24) is 0 Å². The van der Waals surface area contributed by atoms with E-state index in [4.69, 9.17) is 0 Å². The van der Waals surface area contributed by atoms with Crippen LogP contribution in [-0.2, 0) is 6.42 Å². The maximum atomic E-state index is 13.9. The van der Waals surface area contributed by atoms with Gasteiger partial charge in [0.2, 0.25) is 0 Å². The van der Waals surface area contributed by atoms with Gasteiger partial charge in [0.25, 0.3) is 0 Å². The highest BCUT2D eigenvalue weighted by atomic mass is 19.1. The number of hydrogen-bond donors (Lipinski definition) is 0. The molecule has 0 aliphatic heterocycles. The molecule has 1 aliphatic rings. The van der Waals surface area contributed by atoms with Crippen molar-refractivity contribution in [2.24, 2.45) is 5.92 Å². The van der Waals surface area contributed by atoms with Gasteiger partial charge in [0.05, 0.1) is 0 Å². The third-order valence-corrected chi connectivity index (χ3v) is 6.36. The molecule has 0 saturated heterocycles. The molecule has 2 heteroatoms. The summed E-state index contributed by atoms with van der Waals surface area (Å²) in [7, 11) is 0. The molecule has 4 rings (SSSR count). The number of aryl methyl sites for hydroxylation is 1. The van der Waals surface area contributed by atoms with Crippen LogP contribution in [0.2, 0.25) is 0 Å². The van der Waals surface area contributed by atoms with E-state index in [1.54, 1.807) is 18.2 Å². The number of halogens is 2. The molecule has 0 bridgehead atoms. The van der Waals surface area contributed by atoms with Crippen LogP contribution in [0.1, 0.15) is 68.1 Å². The van der Waals surface area contributed by atoms with Crippen LogP contribution in [-0.4, -0.2) is 0 Å². The fourth-order valence-electron chi connectivity index (χ4n) is 4.96. The van der Waals surface area contributed by atoms with Crippen molar-refractivity contribution in [3.63, 3.8) is 0 Å². The van der Waals surface area contributed by atoms with Gasteiger partial charge in [0, 0.05) is 5.92 Å². The minimum absolute atomic E-state index is 0.180. The molecule has 0 heterocycles. The Morgan fingerprint density at radius 3 is 2.39 bits per heavy atom. The van der Waals surface area contributed by atoms with Crippen molar-refractivity contribution in [1.29, 1.82) is 0 Å². The molecule has 0 amide bonds.